The normalized spacial score (nSPS) is 14.1. The molecule has 2 rings (SSSR count). The lowest BCUT2D eigenvalue weighted by Crippen LogP contribution is -2.11. The highest BCUT2D eigenvalue weighted by molar-refractivity contribution is 5.89. The van der Waals surface area contributed by atoms with Gasteiger partial charge in [0.25, 0.3) is 0 Å². The van der Waals surface area contributed by atoms with E-state index in [9.17, 15) is 4.79 Å². The number of nitrogens with zero attached hydrogens (tertiary/aromatic N) is 2. The van der Waals surface area contributed by atoms with E-state index in [0.29, 0.717) is 18.8 Å². The molecule has 0 aromatic carbocycles. The van der Waals surface area contributed by atoms with Gasteiger partial charge in [0.1, 0.15) is 0 Å². The fourth-order valence-electron chi connectivity index (χ4n) is 1.68. The second-order valence-corrected chi connectivity index (χ2v) is 3.22. The molecule has 2 heterocycles. The molecule has 0 radical (unpaired) electrons. The number of hydrogen-bond donors (Lipinski definition) is 1. The number of hydrogen-bond acceptors (Lipinski definition) is 4. The Kier molecular flexibility index (Phi) is 2.25. The van der Waals surface area contributed by atoms with E-state index in [1.165, 1.54) is 0 Å². The predicted octanol–water partition coefficient (Wildman–Crippen LogP) is 0.200. The van der Waals surface area contributed by atoms with E-state index in [2.05, 4.69) is 10.4 Å². The lowest BCUT2D eigenvalue weighted by Gasteiger charge is -1.99. The molecule has 0 bridgehead atoms. The van der Waals surface area contributed by atoms with Crippen molar-refractivity contribution in [3.8, 4) is 0 Å². The average molecular weight is 195 g/mol. The van der Waals surface area contributed by atoms with E-state index >= 15 is 0 Å². The van der Waals surface area contributed by atoms with Gasteiger partial charge in [0.2, 0.25) is 0 Å². The fraction of sp³-hybridized carbons (Fsp3) is 0.556. The standard InChI is InChI=1S/C9H13N3O2/c1-3-14-9(13)8-6-4-10-5-7(6)12(2)11-8/h10H,3-5H2,1-2H3. The number of esters is 1. The van der Waals surface area contributed by atoms with E-state index in [0.717, 1.165) is 17.8 Å². The quantitative estimate of drug-likeness (QED) is 0.685. The van der Waals surface area contributed by atoms with Gasteiger partial charge in [0.15, 0.2) is 5.69 Å². The van der Waals surface area contributed by atoms with Gasteiger partial charge >= 0.3 is 5.97 Å². The number of rotatable bonds is 2. The van der Waals surface area contributed by atoms with Crippen molar-refractivity contribution in [1.82, 2.24) is 15.1 Å². The Morgan fingerprint density at radius 2 is 2.43 bits per heavy atom. The Hall–Kier alpha value is -1.36. The van der Waals surface area contributed by atoms with Crippen molar-refractivity contribution in [3.05, 3.63) is 17.0 Å². The van der Waals surface area contributed by atoms with Crippen molar-refractivity contribution in [2.75, 3.05) is 6.61 Å². The van der Waals surface area contributed by atoms with Crippen LogP contribution in [0.2, 0.25) is 0 Å². The molecule has 1 aliphatic rings. The number of nitrogens with one attached hydrogen (secondary N) is 1. The van der Waals surface area contributed by atoms with Gasteiger partial charge in [-0.1, -0.05) is 0 Å². The minimum Gasteiger partial charge on any atom is -0.461 e. The van der Waals surface area contributed by atoms with Crippen molar-refractivity contribution in [1.29, 1.82) is 0 Å². The van der Waals surface area contributed by atoms with Crippen LogP contribution in [0.5, 0.6) is 0 Å². The summed E-state index contributed by atoms with van der Waals surface area (Å²) in [5.41, 5.74) is 2.51. The number of carbonyl (C=O) groups is 1. The molecule has 1 aromatic heterocycles. The summed E-state index contributed by atoms with van der Waals surface area (Å²) >= 11 is 0. The molecule has 0 spiro atoms. The topological polar surface area (TPSA) is 56.1 Å². The summed E-state index contributed by atoms with van der Waals surface area (Å²) in [6.45, 7) is 3.66. The van der Waals surface area contributed by atoms with E-state index < -0.39 is 0 Å². The summed E-state index contributed by atoms with van der Waals surface area (Å²) in [7, 11) is 1.84. The molecule has 76 valence electrons. The largest absolute Gasteiger partial charge is 0.461 e. The monoisotopic (exact) mass is 195 g/mol. The first kappa shape index (κ1) is 9.21. The first-order valence-corrected chi connectivity index (χ1v) is 4.66. The van der Waals surface area contributed by atoms with Crippen LogP contribution in [0.25, 0.3) is 0 Å². The van der Waals surface area contributed by atoms with Crippen molar-refractivity contribution in [3.63, 3.8) is 0 Å². The molecule has 1 aromatic rings. The van der Waals surface area contributed by atoms with Crippen LogP contribution in [-0.2, 0) is 24.9 Å². The Bertz CT molecular complexity index is 370. The Morgan fingerprint density at radius 1 is 1.64 bits per heavy atom. The molecule has 0 aliphatic carbocycles. The molecular formula is C9H13N3O2. The van der Waals surface area contributed by atoms with E-state index in [-0.39, 0.29) is 5.97 Å². The Balaban J connectivity index is 2.35. The van der Waals surface area contributed by atoms with Gasteiger partial charge in [0.05, 0.1) is 12.3 Å². The molecule has 0 amide bonds. The summed E-state index contributed by atoms with van der Waals surface area (Å²) in [5.74, 6) is -0.326. The van der Waals surface area contributed by atoms with Gasteiger partial charge in [-0.3, -0.25) is 4.68 Å². The minimum atomic E-state index is -0.326. The van der Waals surface area contributed by atoms with Crippen LogP contribution in [0, 0.1) is 0 Å². The SMILES string of the molecule is CCOC(=O)c1nn(C)c2c1CNC2. The van der Waals surface area contributed by atoms with Crippen LogP contribution in [0.15, 0.2) is 0 Å². The summed E-state index contributed by atoms with van der Waals surface area (Å²) in [4.78, 5) is 11.5. The van der Waals surface area contributed by atoms with Crippen LogP contribution in [0.3, 0.4) is 0 Å². The van der Waals surface area contributed by atoms with Gasteiger partial charge in [-0.25, -0.2) is 4.79 Å². The minimum absolute atomic E-state index is 0.326. The lowest BCUT2D eigenvalue weighted by molar-refractivity contribution is 0.0517. The van der Waals surface area contributed by atoms with Gasteiger partial charge in [0, 0.05) is 25.7 Å². The zero-order valence-electron chi connectivity index (χ0n) is 8.33. The maximum absolute atomic E-state index is 11.5. The first-order valence-electron chi connectivity index (χ1n) is 4.66. The molecule has 0 fully saturated rings. The van der Waals surface area contributed by atoms with Gasteiger partial charge < -0.3 is 10.1 Å². The van der Waals surface area contributed by atoms with E-state index in [1.807, 2.05) is 7.05 Å². The zero-order chi connectivity index (χ0) is 10.1. The number of aryl methyl sites for hydroxylation is 1. The summed E-state index contributed by atoms with van der Waals surface area (Å²) < 4.78 is 6.66. The number of fused-ring (bicyclic) bond motifs is 1. The molecular weight excluding hydrogens is 182 g/mol. The molecule has 0 saturated heterocycles. The molecule has 0 atom stereocenters. The molecule has 14 heavy (non-hydrogen) atoms. The third-order valence-electron chi connectivity index (χ3n) is 2.34. The first-order chi connectivity index (χ1) is 6.74. The van der Waals surface area contributed by atoms with Gasteiger partial charge in [-0.05, 0) is 6.92 Å². The van der Waals surface area contributed by atoms with Gasteiger partial charge in [-0.2, -0.15) is 5.10 Å². The van der Waals surface area contributed by atoms with Crippen LogP contribution in [-0.4, -0.2) is 22.4 Å². The van der Waals surface area contributed by atoms with Crippen LogP contribution in [0.4, 0.5) is 0 Å². The van der Waals surface area contributed by atoms with E-state index in [1.54, 1.807) is 11.6 Å². The summed E-state index contributed by atoms with van der Waals surface area (Å²) in [6, 6.07) is 0. The second kappa shape index (κ2) is 3.42. The van der Waals surface area contributed by atoms with Crippen molar-refractivity contribution < 1.29 is 9.53 Å². The summed E-state index contributed by atoms with van der Waals surface area (Å²) in [5, 5.41) is 7.33. The van der Waals surface area contributed by atoms with Crippen molar-refractivity contribution >= 4 is 5.97 Å². The van der Waals surface area contributed by atoms with Crippen LogP contribution in [0.1, 0.15) is 28.7 Å². The second-order valence-electron chi connectivity index (χ2n) is 3.22. The fourth-order valence-corrected chi connectivity index (χ4v) is 1.68. The number of ether oxygens (including phenoxy) is 1. The zero-order valence-corrected chi connectivity index (χ0v) is 8.33. The van der Waals surface area contributed by atoms with Gasteiger partial charge in [-0.15, -0.1) is 0 Å². The highest BCUT2D eigenvalue weighted by atomic mass is 16.5. The lowest BCUT2D eigenvalue weighted by atomic mass is 10.2. The van der Waals surface area contributed by atoms with Crippen molar-refractivity contribution in [2.45, 2.75) is 20.0 Å². The third kappa shape index (κ3) is 1.29. The number of carbonyl (C=O) groups excluding carboxylic acids is 1. The molecule has 0 saturated carbocycles. The molecule has 5 nitrogen and oxygen atoms in total. The molecule has 1 aliphatic heterocycles. The summed E-state index contributed by atoms with van der Waals surface area (Å²) in [6.07, 6.45) is 0. The van der Waals surface area contributed by atoms with E-state index in [4.69, 9.17) is 4.74 Å². The van der Waals surface area contributed by atoms with Crippen molar-refractivity contribution in [2.24, 2.45) is 7.05 Å². The Labute approximate surface area is 82.0 Å². The smallest absolute Gasteiger partial charge is 0.359 e. The predicted molar refractivity (Wildman–Crippen MR) is 49.7 cm³/mol. The number of aromatic nitrogens is 2. The molecule has 0 unspecified atom stereocenters. The molecule has 1 N–H and O–H groups in total. The maximum Gasteiger partial charge on any atom is 0.359 e. The highest BCUT2D eigenvalue weighted by Gasteiger charge is 2.25. The van der Waals surface area contributed by atoms with Crippen LogP contribution < -0.4 is 5.32 Å². The molecule has 5 heteroatoms. The average Bonchev–Trinajstić information content (AvgIpc) is 2.70. The maximum atomic E-state index is 11.5. The Morgan fingerprint density at radius 3 is 3.14 bits per heavy atom. The third-order valence-corrected chi connectivity index (χ3v) is 2.34. The van der Waals surface area contributed by atoms with Crippen LogP contribution >= 0.6 is 0 Å². The highest BCUT2D eigenvalue weighted by Crippen LogP contribution is 2.19.